The molecule has 0 bridgehead atoms. The molecule has 2 fully saturated rings. The largest absolute Gasteiger partial charge is 0.455 e. The van der Waals surface area contributed by atoms with Gasteiger partial charge in [-0.1, -0.05) is 12.5 Å². The van der Waals surface area contributed by atoms with E-state index in [4.69, 9.17) is 9.47 Å². The van der Waals surface area contributed by atoms with E-state index in [0.29, 0.717) is 50.8 Å². The van der Waals surface area contributed by atoms with E-state index in [1.165, 1.54) is 10.4 Å². The summed E-state index contributed by atoms with van der Waals surface area (Å²) in [4.78, 5) is 20.0. The van der Waals surface area contributed by atoms with Crippen molar-refractivity contribution in [1.29, 1.82) is 0 Å². The predicted molar refractivity (Wildman–Crippen MR) is 131 cm³/mol. The average molecular weight is 499 g/mol. The van der Waals surface area contributed by atoms with Gasteiger partial charge in [0.05, 0.1) is 35.1 Å². The van der Waals surface area contributed by atoms with Crippen LogP contribution in [0.5, 0.6) is 0 Å². The number of hydrogen-bond donors (Lipinski definition) is 0. The van der Waals surface area contributed by atoms with Crippen molar-refractivity contribution in [3.8, 4) is 0 Å². The highest BCUT2D eigenvalue weighted by Gasteiger charge is 2.29. The Balaban J connectivity index is 1.43. The van der Waals surface area contributed by atoms with Crippen LogP contribution >= 0.6 is 0 Å². The number of carbonyl (C=O) groups is 1. The van der Waals surface area contributed by atoms with Crippen molar-refractivity contribution in [2.75, 3.05) is 44.3 Å². The van der Waals surface area contributed by atoms with E-state index in [1.807, 2.05) is 40.8 Å². The topological polar surface area (TPSA) is 93.4 Å². The third-order valence-electron chi connectivity index (χ3n) is 6.57. The molecule has 1 aromatic carbocycles. The fourth-order valence-electron chi connectivity index (χ4n) is 4.66. The summed E-state index contributed by atoms with van der Waals surface area (Å²) in [5.41, 5.74) is 3.35. The minimum absolute atomic E-state index is 0.00833. The van der Waals surface area contributed by atoms with Crippen molar-refractivity contribution in [3.63, 3.8) is 0 Å². The summed E-state index contributed by atoms with van der Waals surface area (Å²) < 4.78 is 41.1. The van der Waals surface area contributed by atoms with E-state index in [-0.39, 0.29) is 17.1 Å². The molecule has 0 N–H and O–H groups in total. The lowest BCUT2D eigenvalue weighted by Crippen LogP contribution is -2.38. The van der Waals surface area contributed by atoms with Gasteiger partial charge in [-0.25, -0.2) is 18.2 Å². The third kappa shape index (κ3) is 4.91. The number of pyridine rings is 1. The molecule has 35 heavy (non-hydrogen) atoms. The number of anilines is 1. The van der Waals surface area contributed by atoms with Gasteiger partial charge in [0.25, 0.3) is 0 Å². The SMILES string of the molecule is Cc1cccn2cc(COC(=O)c3cc(S(=O)(=O)N4CCCCC4)ccc3N3CCOCC3)nc12. The molecule has 0 amide bonds. The van der Waals surface area contributed by atoms with Crippen molar-refractivity contribution < 1.29 is 22.7 Å². The number of sulfonamides is 1. The number of esters is 1. The highest BCUT2D eigenvalue weighted by Crippen LogP contribution is 2.29. The summed E-state index contributed by atoms with van der Waals surface area (Å²) >= 11 is 0. The Morgan fingerprint density at radius 1 is 1.09 bits per heavy atom. The van der Waals surface area contributed by atoms with Crippen molar-refractivity contribution >= 4 is 27.3 Å². The number of benzene rings is 1. The molecule has 4 heterocycles. The number of morpholine rings is 1. The quantitative estimate of drug-likeness (QED) is 0.482. The van der Waals surface area contributed by atoms with Gasteiger partial charge in [-0.05, 0) is 49.6 Å². The molecule has 2 saturated heterocycles. The van der Waals surface area contributed by atoms with Gasteiger partial charge in [-0.2, -0.15) is 4.31 Å². The number of carbonyl (C=O) groups excluding carboxylic acids is 1. The molecular formula is C25H30N4O5S. The van der Waals surface area contributed by atoms with Crippen LogP contribution in [0.3, 0.4) is 0 Å². The van der Waals surface area contributed by atoms with Crippen LogP contribution in [0.25, 0.3) is 5.65 Å². The normalized spacial score (nSPS) is 17.6. The molecule has 186 valence electrons. The maximum absolute atomic E-state index is 13.3. The van der Waals surface area contributed by atoms with Crippen LogP contribution in [0.2, 0.25) is 0 Å². The van der Waals surface area contributed by atoms with E-state index >= 15 is 0 Å². The summed E-state index contributed by atoms with van der Waals surface area (Å²) in [5, 5.41) is 0. The first-order valence-electron chi connectivity index (χ1n) is 12.0. The Morgan fingerprint density at radius 3 is 2.60 bits per heavy atom. The Kier molecular flexibility index (Phi) is 6.77. The van der Waals surface area contributed by atoms with Gasteiger partial charge in [0.1, 0.15) is 12.3 Å². The summed E-state index contributed by atoms with van der Waals surface area (Å²) in [5.74, 6) is -0.573. The van der Waals surface area contributed by atoms with Gasteiger partial charge >= 0.3 is 5.97 Å². The zero-order chi connectivity index (χ0) is 24.4. The fourth-order valence-corrected chi connectivity index (χ4v) is 6.21. The van der Waals surface area contributed by atoms with E-state index in [9.17, 15) is 13.2 Å². The first-order chi connectivity index (χ1) is 16.9. The van der Waals surface area contributed by atoms with Gasteiger partial charge in [0, 0.05) is 38.6 Å². The van der Waals surface area contributed by atoms with Crippen LogP contribution in [-0.2, 0) is 26.1 Å². The molecule has 0 atom stereocenters. The first kappa shape index (κ1) is 23.8. The molecule has 0 spiro atoms. The number of nitrogens with zero attached hydrogens (tertiary/aromatic N) is 4. The van der Waals surface area contributed by atoms with Crippen molar-refractivity contribution in [3.05, 3.63) is 59.5 Å². The van der Waals surface area contributed by atoms with Gasteiger partial charge in [-0.15, -0.1) is 0 Å². The van der Waals surface area contributed by atoms with Crippen LogP contribution < -0.4 is 4.90 Å². The highest BCUT2D eigenvalue weighted by molar-refractivity contribution is 7.89. The molecule has 2 aromatic heterocycles. The molecule has 2 aliphatic heterocycles. The number of piperidine rings is 1. The number of imidazole rings is 1. The Hall–Kier alpha value is -2.95. The molecular weight excluding hydrogens is 468 g/mol. The van der Waals surface area contributed by atoms with E-state index in [1.54, 1.807) is 12.1 Å². The van der Waals surface area contributed by atoms with Gasteiger partial charge < -0.3 is 18.8 Å². The van der Waals surface area contributed by atoms with Crippen LogP contribution in [0.1, 0.15) is 40.9 Å². The molecule has 9 nitrogen and oxygen atoms in total. The van der Waals surface area contributed by atoms with Gasteiger partial charge in [-0.3, -0.25) is 0 Å². The molecule has 0 radical (unpaired) electrons. The monoisotopic (exact) mass is 498 g/mol. The molecule has 10 heteroatoms. The number of rotatable bonds is 6. The maximum Gasteiger partial charge on any atom is 0.340 e. The smallest absolute Gasteiger partial charge is 0.340 e. The molecule has 3 aromatic rings. The minimum Gasteiger partial charge on any atom is -0.455 e. The van der Waals surface area contributed by atoms with Gasteiger partial charge in [0.2, 0.25) is 10.0 Å². The summed E-state index contributed by atoms with van der Waals surface area (Å²) in [6, 6.07) is 8.68. The lowest BCUT2D eigenvalue weighted by Gasteiger charge is -2.31. The first-order valence-corrected chi connectivity index (χ1v) is 13.4. The second-order valence-electron chi connectivity index (χ2n) is 8.97. The van der Waals surface area contributed by atoms with Crippen LogP contribution in [0.4, 0.5) is 5.69 Å². The fraction of sp³-hybridized carbons (Fsp3) is 0.440. The average Bonchev–Trinajstić information content (AvgIpc) is 3.32. The highest BCUT2D eigenvalue weighted by atomic mass is 32.2. The second kappa shape index (κ2) is 9.96. The lowest BCUT2D eigenvalue weighted by molar-refractivity contribution is 0.0468. The van der Waals surface area contributed by atoms with Crippen molar-refractivity contribution in [2.24, 2.45) is 0 Å². The Bertz CT molecular complexity index is 1320. The minimum atomic E-state index is -3.69. The second-order valence-corrected chi connectivity index (χ2v) is 10.9. The lowest BCUT2D eigenvalue weighted by atomic mass is 10.1. The molecule has 0 aliphatic carbocycles. The van der Waals surface area contributed by atoms with E-state index < -0.39 is 16.0 Å². The number of hydrogen-bond acceptors (Lipinski definition) is 7. The molecule has 0 saturated carbocycles. The summed E-state index contributed by atoms with van der Waals surface area (Å²) in [7, 11) is -3.69. The van der Waals surface area contributed by atoms with E-state index in [0.717, 1.165) is 30.5 Å². The zero-order valence-electron chi connectivity index (χ0n) is 19.9. The summed E-state index contributed by atoms with van der Waals surface area (Å²) in [6.45, 7) is 5.29. The Morgan fingerprint density at radius 2 is 1.86 bits per heavy atom. The molecule has 2 aliphatic rings. The van der Waals surface area contributed by atoms with Crippen molar-refractivity contribution in [1.82, 2.24) is 13.7 Å². The summed E-state index contributed by atoms with van der Waals surface area (Å²) in [6.07, 6.45) is 6.45. The van der Waals surface area contributed by atoms with Gasteiger partial charge in [0.15, 0.2) is 0 Å². The third-order valence-corrected chi connectivity index (χ3v) is 8.47. The van der Waals surface area contributed by atoms with E-state index in [2.05, 4.69) is 4.98 Å². The standard InChI is InChI=1S/C25H30N4O5S/c1-19-6-5-9-28-17-20(26-24(19)28)18-34-25(30)22-16-21(35(31,32)29-10-3-2-4-11-29)7-8-23(22)27-12-14-33-15-13-27/h5-9,16-17H,2-4,10-15,18H2,1H3. The molecule has 5 rings (SSSR count). The van der Waals surface area contributed by atoms with Crippen molar-refractivity contribution in [2.45, 2.75) is 37.7 Å². The Labute approximate surface area is 205 Å². The zero-order valence-corrected chi connectivity index (χ0v) is 20.7. The molecule has 0 unspecified atom stereocenters. The number of ether oxygens (including phenoxy) is 2. The number of aryl methyl sites for hydroxylation is 1. The van der Waals surface area contributed by atoms with Crippen LogP contribution in [-0.4, -0.2) is 67.5 Å². The number of aromatic nitrogens is 2. The predicted octanol–water partition coefficient (Wildman–Crippen LogP) is 3.01. The maximum atomic E-state index is 13.3. The van der Waals surface area contributed by atoms with Crippen LogP contribution in [0.15, 0.2) is 47.6 Å². The number of fused-ring (bicyclic) bond motifs is 1. The van der Waals surface area contributed by atoms with Crippen LogP contribution in [0, 0.1) is 6.92 Å².